The first-order valence-corrected chi connectivity index (χ1v) is 12.3. The lowest BCUT2D eigenvalue weighted by Gasteiger charge is -2.37. The van der Waals surface area contributed by atoms with Gasteiger partial charge in [0.05, 0.1) is 32.8 Å². The molecular weight excluding hydrogens is 434 g/mol. The van der Waals surface area contributed by atoms with Crippen molar-refractivity contribution < 1.29 is 23.9 Å². The van der Waals surface area contributed by atoms with Crippen molar-refractivity contribution in [1.82, 2.24) is 15.1 Å². The van der Waals surface area contributed by atoms with E-state index < -0.39 is 5.92 Å². The van der Waals surface area contributed by atoms with Crippen molar-refractivity contribution in [3.05, 3.63) is 41.1 Å². The molecule has 1 saturated heterocycles. The fourth-order valence-electron chi connectivity index (χ4n) is 5.08. The number of morpholine rings is 1. The Morgan fingerprint density at radius 2 is 1.79 bits per heavy atom. The Morgan fingerprint density at radius 3 is 2.44 bits per heavy atom. The molecule has 184 valence electrons. The summed E-state index contributed by atoms with van der Waals surface area (Å²) in [4.78, 5) is 43.2. The molecule has 1 unspecified atom stereocenters. The molecule has 1 N–H and O–H groups in total. The van der Waals surface area contributed by atoms with Crippen molar-refractivity contribution in [2.45, 2.75) is 58.0 Å². The van der Waals surface area contributed by atoms with Crippen molar-refractivity contribution in [1.29, 1.82) is 0 Å². The topological polar surface area (TPSA) is 88.2 Å². The number of ether oxygens (including phenoxy) is 2. The third kappa shape index (κ3) is 5.60. The predicted octanol–water partition coefficient (Wildman–Crippen LogP) is 2.63. The summed E-state index contributed by atoms with van der Waals surface area (Å²) >= 11 is 0. The number of nitrogens with one attached hydrogen (secondary N) is 1. The molecule has 34 heavy (non-hydrogen) atoms. The van der Waals surface area contributed by atoms with Crippen LogP contribution < -0.4 is 10.1 Å². The number of allylic oxidation sites excluding steroid dienone is 1. The minimum atomic E-state index is -0.552. The number of carbonyl (C=O) groups is 3. The second-order valence-corrected chi connectivity index (χ2v) is 9.40. The van der Waals surface area contributed by atoms with Crippen LogP contribution in [0.4, 0.5) is 0 Å². The Balaban J connectivity index is 1.55. The number of carbonyl (C=O) groups excluding carboxylic acids is 3. The number of amides is 3. The summed E-state index contributed by atoms with van der Waals surface area (Å²) in [5.74, 6) is -0.0796. The molecule has 0 bridgehead atoms. The second-order valence-electron chi connectivity index (χ2n) is 9.40. The molecule has 3 amide bonds. The summed E-state index contributed by atoms with van der Waals surface area (Å²) in [7, 11) is 1.61. The molecule has 1 aromatic rings. The van der Waals surface area contributed by atoms with Gasteiger partial charge >= 0.3 is 0 Å². The molecule has 1 saturated carbocycles. The molecular formula is C26H35N3O5. The third-order valence-electron chi connectivity index (χ3n) is 7.12. The van der Waals surface area contributed by atoms with Crippen LogP contribution in [0, 0.1) is 5.92 Å². The van der Waals surface area contributed by atoms with Gasteiger partial charge < -0.3 is 24.6 Å². The first-order chi connectivity index (χ1) is 16.5. The fourth-order valence-corrected chi connectivity index (χ4v) is 5.08. The number of hydrogen-bond acceptors (Lipinski definition) is 5. The molecule has 4 rings (SSSR count). The molecule has 2 aliphatic heterocycles. The number of hydrogen-bond donors (Lipinski definition) is 1. The summed E-state index contributed by atoms with van der Waals surface area (Å²) in [5.41, 5.74) is 2.22. The highest BCUT2D eigenvalue weighted by Crippen LogP contribution is 2.32. The van der Waals surface area contributed by atoms with E-state index in [-0.39, 0.29) is 36.6 Å². The minimum Gasteiger partial charge on any atom is -0.497 e. The average molecular weight is 470 g/mol. The number of methoxy groups -OCH3 is 1. The van der Waals surface area contributed by atoms with E-state index in [0.29, 0.717) is 44.1 Å². The van der Waals surface area contributed by atoms with Crippen LogP contribution in [0.2, 0.25) is 0 Å². The fraction of sp³-hybridized carbons (Fsp3) is 0.577. The van der Waals surface area contributed by atoms with Gasteiger partial charge in [0.2, 0.25) is 11.8 Å². The summed E-state index contributed by atoms with van der Waals surface area (Å²) < 4.78 is 10.6. The van der Waals surface area contributed by atoms with E-state index in [1.807, 2.05) is 31.2 Å². The maximum atomic E-state index is 13.5. The van der Waals surface area contributed by atoms with E-state index in [0.717, 1.165) is 37.0 Å². The molecule has 3 aliphatic rings. The Morgan fingerprint density at radius 1 is 1.12 bits per heavy atom. The molecule has 8 nitrogen and oxygen atoms in total. The van der Waals surface area contributed by atoms with Gasteiger partial charge in [-0.05, 0) is 43.9 Å². The van der Waals surface area contributed by atoms with E-state index in [1.54, 1.807) is 16.9 Å². The number of rotatable bonds is 7. The van der Waals surface area contributed by atoms with Crippen LogP contribution in [0.25, 0.3) is 0 Å². The van der Waals surface area contributed by atoms with E-state index in [4.69, 9.17) is 9.47 Å². The second kappa shape index (κ2) is 11.0. The van der Waals surface area contributed by atoms with Crippen molar-refractivity contribution in [3.63, 3.8) is 0 Å². The lowest BCUT2D eigenvalue weighted by atomic mass is 9.88. The zero-order chi connectivity index (χ0) is 24.1. The Kier molecular flexibility index (Phi) is 7.88. The smallest absolute Gasteiger partial charge is 0.251 e. The van der Waals surface area contributed by atoms with E-state index >= 15 is 0 Å². The average Bonchev–Trinajstić information content (AvgIpc) is 3.37. The maximum absolute atomic E-state index is 13.5. The molecule has 1 aromatic carbocycles. The highest BCUT2D eigenvalue weighted by Gasteiger charge is 2.38. The zero-order valence-electron chi connectivity index (χ0n) is 20.2. The summed E-state index contributed by atoms with van der Waals surface area (Å²) in [6.07, 6.45) is 4.63. The van der Waals surface area contributed by atoms with E-state index in [1.165, 1.54) is 0 Å². The number of benzene rings is 1. The molecule has 0 radical (unpaired) electrons. The maximum Gasteiger partial charge on any atom is 0.251 e. The van der Waals surface area contributed by atoms with E-state index in [9.17, 15) is 14.4 Å². The first-order valence-electron chi connectivity index (χ1n) is 12.3. The molecule has 0 aromatic heterocycles. The highest BCUT2D eigenvalue weighted by atomic mass is 16.5. The van der Waals surface area contributed by atoms with Gasteiger partial charge in [-0.3, -0.25) is 14.4 Å². The zero-order valence-corrected chi connectivity index (χ0v) is 20.2. The minimum absolute atomic E-state index is 0.0609. The van der Waals surface area contributed by atoms with Gasteiger partial charge in [-0.15, -0.1) is 0 Å². The number of nitrogens with zero attached hydrogens (tertiary/aromatic N) is 2. The van der Waals surface area contributed by atoms with Crippen LogP contribution in [0.5, 0.6) is 5.75 Å². The van der Waals surface area contributed by atoms with Crippen molar-refractivity contribution >= 4 is 17.7 Å². The Bertz CT molecular complexity index is 930. The Hall–Kier alpha value is -2.87. The molecule has 2 fully saturated rings. The van der Waals surface area contributed by atoms with Crippen LogP contribution >= 0.6 is 0 Å². The van der Waals surface area contributed by atoms with Crippen molar-refractivity contribution in [2.75, 3.05) is 33.4 Å². The van der Waals surface area contributed by atoms with Crippen molar-refractivity contribution in [2.24, 2.45) is 5.92 Å². The summed E-state index contributed by atoms with van der Waals surface area (Å²) in [5, 5.41) is 3.09. The van der Waals surface area contributed by atoms with Gasteiger partial charge in [0.1, 0.15) is 5.75 Å². The molecule has 0 spiro atoms. The van der Waals surface area contributed by atoms with Crippen molar-refractivity contribution in [3.8, 4) is 5.75 Å². The largest absolute Gasteiger partial charge is 0.497 e. The molecule has 1 atom stereocenters. The first kappa shape index (κ1) is 24.3. The van der Waals surface area contributed by atoms with Crippen LogP contribution in [-0.2, 0) is 25.7 Å². The summed E-state index contributed by atoms with van der Waals surface area (Å²) in [6, 6.07) is 7.75. The lowest BCUT2D eigenvalue weighted by molar-refractivity contribution is -0.139. The van der Waals surface area contributed by atoms with Gasteiger partial charge in [-0.2, -0.15) is 0 Å². The third-order valence-corrected chi connectivity index (χ3v) is 7.12. The molecule has 1 aliphatic carbocycles. The van der Waals surface area contributed by atoms with Gasteiger partial charge in [0.25, 0.3) is 5.91 Å². The van der Waals surface area contributed by atoms with E-state index in [2.05, 4.69) is 5.32 Å². The lowest BCUT2D eigenvalue weighted by Crippen LogP contribution is -2.47. The highest BCUT2D eigenvalue weighted by molar-refractivity contribution is 5.98. The molecule has 8 heteroatoms. The normalized spacial score (nSPS) is 21.7. The van der Waals surface area contributed by atoms with Crippen LogP contribution in [0.3, 0.4) is 0 Å². The van der Waals surface area contributed by atoms with Crippen LogP contribution in [0.1, 0.15) is 51.0 Å². The summed E-state index contributed by atoms with van der Waals surface area (Å²) in [6.45, 7) is 4.28. The van der Waals surface area contributed by atoms with Gasteiger partial charge in [-0.1, -0.05) is 25.0 Å². The monoisotopic (exact) mass is 469 g/mol. The van der Waals surface area contributed by atoms with Gasteiger partial charge in [-0.25, -0.2) is 0 Å². The standard InChI is InChI=1S/C26H35N3O5/c1-18-23(26(32)28-11-13-34-14-12-28)15-20(16-24(30)27-21-5-3-4-6-21)25(31)29(18)17-19-7-9-22(33-2)10-8-19/h7-10,20-21H,3-6,11-17H2,1-2H3,(H,27,30). The van der Waals surface area contributed by atoms with Gasteiger partial charge in [0, 0.05) is 36.8 Å². The Labute approximate surface area is 201 Å². The van der Waals surface area contributed by atoms with Crippen LogP contribution in [-0.4, -0.2) is 67.0 Å². The molecule has 2 heterocycles. The predicted molar refractivity (Wildman–Crippen MR) is 127 cm³/mol. The quantitative estimate of drug-likeness (QED) is 0.663. The van der Waals surface area contributed by atoms with Crippen LogP contribution in [0.15, 0.2) is 35.5 Å². The SMILES string of the molecule is COc1ccc(CN2C(=O)C(CC(=O)NC3CCCC3)CC(C(=O)N3CCOCC3)=C2C)cc1. The van der Waals surface area contributed by atoms with Gasteiger partial charge in [0.15, 0.2) is 0 Å².